The Labute approximate surface area is 128 Å². The Balaban J connectivity index is 1.99. The predicted molar refractivity (Wildman–Crippen MR) is 88.2 cm³/mol. The summed E-state index contributed by atoms with van der Waals surface area (Å²) in [6.07, 6.45) is 6.35. The van der Waals surface area contributed by atoms with E-state index in [-0.39, 0.29) is 0 Å². The first-order chi connectivity index (χ1) is 10.3. The largest absolute Gasteiger partial charge is 0.330 e. The third-order valence-corrected chi connectivity index (χ3v) is 4.18. The summed E-state index contributed by atoms with van der Waals surface area (Å²) in [5, 5.41) is 4.74. The molecule has 2 aromatic rings. The van der Waals surface area contributed by atoms with Gasteiger partial charge in [0.2, 0.25) is 0 Å². The summed E-state index contributed by atoms with van der Waals surface area (Å²) in [6, 6.07) is 13.2. The van der Waals surface area contributed by atoms with Crippen LogP contribution < -0.4 is 5.73 Å². The molecular weight excluding hydrogens is 258 g/mol. The van der Waals surface area contributed by atoms with E-state index in [0.717, 1.165) is 31.4 Å². The Bertz CT molecular complexity index is 514. The standard InChI is InChI=1S/C18H27N3/c1-3-18(4-2)21-11-10-17(20-21)13-16(14-19)12-15-8-6-5-7-9-15/h5-11,16,18H,3-4,12-14,19H2,1-2H3. The van der Waals surface area contributed by atoms with Crippen LogP contribution in [0.25, 0.3) is 0 Å². The predicted octanol–water partition coefficient (Wildman–Crippen LogP) is 3.60. The molecule has 1 atom stereocenters. The molecule has 3 heteroatoms. The molecule has 1 unspecified atom stereocenters. The van der Waals surface area contributed by atoms with Crippen LogP contribution in [0.2, 0.25) is 0 Å². The molecule has 0 aliphatic rings. The smallest absolute Gasteiger partial charge is 0.0628 e. The van der Waals surface area contributed by atoms with E-state index in [1.54, 1.807) is 0 Å². The lowest BCUT2D eigenvalue weighted by Gasteiger charge is -2.14. The summed E-state index contributed by atoms with van der Waals surface area (Å²) in [7, 11) is 0. The Hall–Kier alpha value is -1.61. The molecule has 1 aromatic carbocycles. The van der Waals surface area contributed by atoms with Crippen LogP contribution in [0.15, 0.2) is 42.6 Å². The van der Waals surface area contributed by atoms with E-state index in [2.05, 4.69) is 61.1 Å². The Morgan fingerprint density at radius 2 is 1.76 bits per heavy atom. The fourth-order valence-electron chi connectivity index (χ4n) is 2.83. The second kappa shape index (κ2) is 7.99. The highest BCUT2D eigenvalue weighted by Crippen LogP contribution is 2.17. The molecule has 0 aliphatic heterocycles. The molecule has 1 aromatic heterocycles. The summed E-state index contributed by atoms with van der Waals surface area (Å²) in [4.78, 5) is 0. The molecule has 2 rings (SSSR count). The monoisotopic (exact) mass is 285 g/mol. The molecule has 21 heavy (non-hydrogen) atoms. The Kier molecular flexibility index (Phi) is 6.00. The van der Waals surface area contributed by atoms with Crippen LogP contribution in [0, 0.1) is 5.92 Å². The van der Waals surface area contributed by atoms with Crippen LogP contribution in [0.1, 0.15) is 44.0 Å². The zero-order chi connectivity index (χ0) is 15.1. The summed E-state index contributed by atoms with van der Waals surface area (Å²) in [5.74, 6) is 0.456. The Morgan fingerprint density at radius 1 is 1.05 bits per heavy atom. The lowest BCUT2D eigenvalue weighted by molar-refractivity contribution is 0.421. The average Bonchev–Trinajstić information content (AvgIpc) is 2.97. The van der Waals surface area contributed by atoms with E-state index in [4.69, 9.17) is 10.8 Å². The number of nitrogens with zero attached hydrogens (tertiary/aromatic N) is 2. The lowest BCUT2D eigenvalue weighted by atomic mass is 9.95. The average molecular weight is 285 g/mol. The highest BCUT2D eigenvalue weighted by atomic mass is 15.3. The minimum atomic E-state index is 0.456. The number of benzene rings is 1. The van der Waals surface area contributed by atoms with Crippen molar-refractivity contribution in [3.8, 4) is 0 Å². The van der Waals surface area contributed by atoms with Gasteiger partial charge in [0.25, 0.3) is 0 Å². The van der Waals surface area contributed by atoms with E-state index in [9.17, 15) is 0 Å². The second-order valence-electron chi connectivity index (χ2n) is 5.75. The fourth-order valence-corrected chi connectivity index (χ4v) is 2.83. The van der Waals surface area contributed by atoms with Crippen molar-refractivity contribution in [2.75, 3.05) is 6.54 Å². The van der Waals surface area contributed by atoms with Crippen molar-refractivity contribution in [1.82, 2.24) is 9.78 Å². The van der Waals surface area contributed by atoms with Crippen molar-refractivity contribution >= 4 is 0 Å². The molecule has 1 heterocycles. The van der Waals surface area contributed by atoms with Gasteiger partial charge in [-0.3, -0.25) is 4.68 Å². The van der Waals surface area contributed by atoms with Crippen LogP contribution in [0.5, 0.6) is 0 Å². The topological polar surface area (TPSA) is 43.8 Å². The van der Waals surface area contributed by atoms with Crippen molar-refractivity contribution in [1.29, 1.82) is 0 Å². The van der Waals surface area contributed by atoms with Gasteiger partial charge in [-0.25, -0.2) is 0 Å². The number of rotatable bonds is 8. The van der Waals surface area contributed by atoms with Gasteiger partial charge in [-0.1, -0.05) is 44.2 Å². The molecule has 0 spiro atoms. The van der Waals surface area contributed by atoms with Crippen molar-refractivity contribution in [3.63, 3.8) is 0 Å². The maximum atomic E-state index is 5.95. The van der Waals surface area contributed by atoms with E-state index in [1.807, 2.05) is 0 Å². The number of hydrogen-bond acceptors (Lipinski definition) is 2. The molecule has 114 valence electrons. The zero-order valence-corrected chi connectivity index (χ0v) is 13.2. The van der Waals surface area contributed by atoms with Gasteiger partial charge in [-0.2, -0.15) is 5.10 Å². The van der Waals surface area contributed by atoms with Gasteiger partial charge in [0, 0.05) is 6.20 Å². The highest BCUT2D eigenvalue weighted by molar-refractivity contribution is 5.16. The van der Waals surface area contributed by atoms with Crippen LogP contribution in [-0.2, 0) is 12.8 Å². The molecule has 0 radical (unpaired) electrons. The minimum Gasteiger partial charge on any atom is -0.330 e. The van der Waals surface area contributed by atoms with Gasteiger partial charge in [-0.15, -0.1) is 0 Å². The van der Waals surface area contributed by atoms with Gasteiger partial charge in [0.15, 0.2) is 0 Å². The highest BCUT2D eigenvalue weighted by Gasteiger charge is 2.13. The molecule has 0 bridgehead atoms. The van der Waals surface area contributed by atoms with Gasteiger partial charge >= 0.3 is 0 Å². The summed E-state index contributed by atoms with van der Waals surface area (Å²) < 4.78 is 2.12. The zero-order valence-electron chi connectivity index (χ0n) is 13.2. The van der Waals surface area contributed by atoms with E-state index >= 15 is 0 Å². The van der Waals surface area contributed by atoms with Crippen molar-refractivity contribution in [3.05, 3.63) is 53.9 Å². The van der Waals surface area contributed by atoms with Crippen LogP contribution in [0.3, 0.4) is 0 Å². The van der Waals surface area contributed by atoms with Crippen LogP contribution in [0.4, 0.5) is 0 Å². The van der Waals surface area contributed by atoms with Gasteiger partial charge < -0.3 is 5.73 Å². The van der Waals surface area contributed by atoms with Crippen LogP contribution in [-0.4, -0.2) is 16.3 Å². The normalized spacial score (nSPS) is 12.8. The SMILES string of the molecule is CCC(CC)n1ccc(CC(CN)Cc2ccccc2)n1. The quantitative estimate of drug-likeness (QED) is 0.805. The fraction of sp³-hybridized carbons (Fsp3) is 0.500. The molecule has 3 nitrogen and oxygen atoms in total. The van der Waals surface area contributed by atoms with Crippen molar-refractivity contribution in [2.45, 2.75) is 45.6 Å². The molecule has 2 N–H and O–H groups in total. The summed E-state index contributed by atoms with van der Waals surface area (Å²) in [6.45, 7) is 5.13. The third-order valence-electron chi connectivity index (χ3n) is 4.18. The maximum Gasteiger partial charge on any atom is 0.0628 e. The molecule has 0 saturated heterocycles. The van der Waals surface area contributed by atoms with Crippen molar-refractivity contribution in [2.24, 2.45) is 11.7 Å². The first-order valence-electron chi connectivity index (χ1n) is 8.04. The van der Waals surface area contributed by atoms with E-state index in [1.165, 1.54) is 5.56 Å². The molecule has 0 aliphatic carbocycles. The molecule has 0 amide bonds. The molecule has 0 fully saturated rings. The first kappa shape index (κ1) is 15.8. The third kappa shape index (κ3) is 4.43. The number of aromatic nitrogens is 2. The Morgan fingerprint density at radius 3 is 2.38 bits per heavy atom. The van der Waals surface area contributed by atoms with Crippen molar-refractivity contribution < 1.29 is 0 Å². The van der Waals surface area contributed by atoms with E-state index in [0.29, 0.717) is 18.5 Å². The summed E-state index contributed by atoms with van der Waals surface area (Å²) >= 11 is 0. The van der Waals surface area contributed by atoms with Gasteiger partial charge in [0.1, 0.15) is 0 Å². The first-order valence-corrected chi connectivity index (χ1v) is 8.04. The second-order valence-corrected chi connectivity index (χ2v) is 5.75. The minimum absolute atomic E-state index is 0.456. The lowest BCUT2D eigenvalue weighted by Crippen LogP contribution is -2.20. The number of nitrogens with two attached hydrogens (primary N) is 1. The van der Waals surface area contributed by atoms with Gasteiger partial charge in [0.05, 0.1) is 11.7 Å². The number of hydrogen-bond donors (Lipinski definition) is 1. The van der Waals surface area contributed by atoms with Gasteiger partial charge in [-0.05, 0) is 49.8 Å². The molecule has 0 saturated carbocycles. The summed E-state index contributed by atoms with van der Waals surface area (Å²) in [5.41, 5.74) is 8.47. The maximum absolute atomic E-state index is 5.95. The van der Waals surface area contributed by atoms with E-state index < -0.39 is 0 Å². The van der Waals surface area contributed by atoms with Crippen LogP contribution >= 0.6 is 0 Å². The molecular formula is C18H27N3.